The zero-order chi connectivity index (χ0) is 14.1. The lowest BCUT2D eigenvalue weighted by molar-refractivity contribution is 0.108. The molecule has 3 heteroatoms. The molecule has 0 saturated carbocycles. The first kappa shape index (κ1) is 13.6. The molecule has 0 bridgehead atoms. The van der Waals surface area contributed by atoms with Gasteiger partial charge in [-0.05, 0) is 62.9 Å². The van der Waals surface area contributed by atoms with E-state index >= 15 is 0 Å². The van der Waals surface area contributed by atoms with Crippen LogP contribution in [0.5, 0.6) is 5.75 Å². The van der Waals surface area contributed by atoms with Crippen LogP contribution in [0.2, 0.25) is 0 Å². The molecule has 3 aliphatic heterocycles. The third kappa shape index (κ3) is 2.82. The second-order valence-electron chi connectivity index (χ2n) is 6.86. The average molecular weight is 286 g/mol. The van der Waals surface area contributed by atoms with E-state index in [1.165, 1.54) is 50.9 Å². The molecule has 4 rings (SSSR count). The Bertz CT molecular complexity index is 459. The van der Waals surface area contributed by atoms with Gasteiger partial charge in [-0.15, -0.1) is 0 Å². The van der Waals surface area contributed by atoms with Crippen LogP contribution in [0.25, 0.3) is 0 Å². The lowest BCUT2D eigenvalue weighted by Crippen LogP contribution is -2.46. The highest BCUT2D eigenvalue weighted by Crippen LogP contribution is 2.32. The minimum atomic E-state index is 0.361. The predicted octanol–water partition coefficient (Wildman–Crippen LogP) is 2.45. The summed E-state index contributed by atoms with van der Waals surface area (Å²) in [6.45, 7) is 4.80. The third-order valence-corrected chi connectivity index (χ3v) is 5.45. The van der Waals surface area contributed by atoms with Gasteiger partial charge < -0.3 is 10.1 Å². The van der Waals surface area contributed by atoms with Crippen LogP contribution < -0.4 is 10.1 Å². The maximum atomic E-state index is 6.15. The van der Waals surface area contributed by atoms with Crippen LogP contribution in [-0.2, 0) is 6.42 Å². The number of para-hydroxylation sites is 1. The van der Waals surface area contributed by atoms with Crippen LogP contribution in [0, 0.1) is 5.92 Å². The fraction of sp³-hybridized carbons (Fsp3) is 0.667. The average Bonchev–Trinajstić information content (AvgIpc) is 3.14. The van der Waals surface area contributed by atoms with Gasteiger partial charge in [-0.25, -0.2) is 0 Å². The number of piperidine rings is 1. The largest absolute Gasteiger partial charge is 0.488 e. The van der Waals surface area contributed by atoms with Gasteiger partial charge in [0.05, 0.1) is 0 Å². The van der Waals surface area contributed by atoms with Crippen LogP contribution in [0.3, 0.4) is 0 Å². The molecule has 3 nitrogen and oxygen atoms in total. The first-order valence-corrected chi connectivity index (χ1v) is 8.59. The Morgan fingerprint density at radius 2 is 2.14 bits per heavy atom. The molecule has 3 unspecified atom stereocenters. The summed E-state index contributed by atoms with van der Waals surface area (Å²) in [6.07, 6.45) is 6.94. The predicted molar refractivity (Wildman–Crippen MR) is 84.8 cm³/mol. The van der Waals surface area contributed by atoms with Crippen molar-refractivity contribution in [1.29, 1.82) is 0 Å². The summed E-state index contributed by atoms with van der Waals surface area (Å²) in [7, 11) is 0. The van der Waals surface area contributed by atoms with E-state index in [2.05, 4.69) is 34.5 Å². The summed E-state index contributed by atoms with van der Waals surface area (Å²) < 4.78 is 6.15. The van der Waals surface area contributed by atoms with E-state index in [-0.39, 0.29) is 0 Å². The molecule has 1 aromatic rings. The Hall–Kier alpha value is -1.06. The molecular formula is C18H26N2O. The van der Waals surface area contributed by atoms with Crippen LogP contribution in [-0.4, -0.2) is 43.2 Å². The van der Waals surface area contributed by atoms with Gasteiger partial charge in [-0.2, -0.15) is 0 Å². The molecule has 0 aliphatic carbocycles. The number of hydrogen-bond donors (Lipinski definition) is 1. The smallest absolute Gasteiger partial charge is 0.123 e. The third-order valence-electron chi connectivity index (χ3n) is 5.45. The lowest BCUT2D eigenvalue weighted by atomic mass is 9.90. The molecule has 2 saturated heterocycles. The molecule has 3 aliphatic rings. The van der Waals surface area contributed by atoms with Crippen molar-refractivity contribution in [2.24, 2.45) is 5.92 Å². The Morgan fingerprint density at radius 1 is 1.19 bits per heavy atom. The molecule has 0 aromatic heterocycles. The number of fused-ring (bicyclic) bond motifs is 1. The summed E-state index contributed by atoms with van der Waals surface area (Å²) in [5.74, 6) is 1.96. The van der Waals surface area contributed by atoms with Gasteiger partial charge in [0.15, 0.2) is 0 Å². The number of benzene rings is 1. The van der Waals surface area contributed by atoms with Crippen LogP contribution in [0.15, 0.2) is 24.3 Å². The van der Waals surface area contributed by atoms with E-state index in [9.17, 15) is 0 Å². The molecule has 2 fully saturated rings. The molecule has 3 heterocycles. The van der Waals surface area contributed by atoms with Crippen LogP contribution in [0.1, 0.15) is 31.2 Å². The number of likely N-dealkylation sites (tertiary alicyclic amines) is 1. The first-order chi connectivity index (χ1) is 10.4. The van der Waals surface area contributed by atoms with Crippen molar-refractivity contribution < 1.29 is 4.74 Å². The summed E-state index contributed by atoms with van der Waals surface area (Å²) >= 11 is 0. The molecule has 1 aromatic carbocycles. The fourth-order valence-corrected chi connectivity index (χ4v) is 4.44. The number of rotatable bonds is 3. The zero-order valence-electron chi connectivity index (χ0n) is 12.8. The number of hydrogen-bond acceptors (Lipinski definition) is 3. The summed E-state index contributed by atoms with van der Waals surface area (Å²) in [5.41, 5.74) is 1.39. The van der Waals surface area contributed by atoms with Crippen LogP contribution in [0.4, 0.5) is 0 Å². The molecule has 21 heavy (non-hydrogen) atoms. The molecule has 3 atom stereocenters. The van der Waals surface area contributed by atoms with E-state index < -0.39 is 0 Å². The Morgan fingerprint density at radius 3 is 3.00 bits per heavy atom. The van der Waals surface area contributed by atoms with E-state index in [1.807, 2.05) is 0 Å². The Labute approximate surface area is 127 Å². The van der Waals surface area contributed by atoms with Gasteiger partial charge in [0.1, 0.15) is 11.9 Å². The van der Waals surface area contributed by atoms with E-state index in [4.69, 9.17) is 4.74 Å². The van der Waals surface area contributed by atoms with Crippen molar-refractivity contribution in [2.75, 3.05) is 26.2 Å². The van der Waals surface area contributed by atoms with Crippen molar-refractivity contribution >= 4 is 0 Å². The van der Waals surface area contributed by atoms with Crippen molar-refractivity contribution in [3.8, 4) is 5.75 Å². The Balaban J connectivity index is 1.38. The molecule has 0 radical (unpaired) electrons. The topological polar surface area (TPSA) is 24.5 Å². The van der Waals surface area contributed by atoms with Gasteiger partial charge in [0.25, 0.3) is 0 Å². The second kappa shape index (κ2) is 5.98. The van der Waals surface area contributed by atoms with Gasteiger partial charge in [-0.1, -0.05) is 18.2 Å². The minimum Gasteiger partial charge on any atom is -0.488 e. The SMILES string of the molecule is c1ccc2c(c1)CC(CN1CCCC1C1CCCNC1)O2. The highest BCUT2D eigenvalue weighted by atomic mass is 16.5. The fourth-order valence-electron chi connectivity index (χ4n) is 4.44. The number of ether oxygens (including phenoxy) is 1. The molecule has 1 N–H and O–H groups in total. The van der Waals surface area contributed by atoms with E-state index in [0.29, 0.717) is 6.10 Å². The van der Waals surface area contributed by atoms with Crippen molar-refractivity contribution in [1.82, 2.24) is 10.2 Å². The van der Waals surface area contributed by atoms with E-state index in [0.717, 1.165) is 30.7 Å². The lowest BCUT2D eigenvalue weighted by Gasteiger charge is -2.35. The standard InChI is InChI=1S/C18H26N2O/c1-2-8-18-14(5-1)11-16(21-18)13-20-10-4-7-17(20)15-6-3-9-19-12-15/h1-2,5,8,15-17,19H,3-4,6-7,9-13H2. The van der Waals surface area contributed by atoms with Gasteiger partial charge >= 0.3 is 0 Å². The minimum absolute atomic E-state index is 0.361. The van der Waals surface area contributed by atoms with Crippen molar-refractivity contribution in [2.45, 2.75) is 44.2 Å². The van der Waals surface area contributed by atoms with Crippen molar-refractivity contribution in [3.63, 3.8) is 0 Å². The highest BCUT2D eigenvalue weighted by Gasteiger charge is 2.35. The van der Waals surface area contributed by atoms with Gasteiger partial charge in [-0.3, -0.25) is 4.90 Å². The first-order valence-electron chi connectivity index (χ1n) is 8.59. The second-order valence-corrected chi connectivity index (χ2v) is 6.86. The molecule has 0 amide bonds. The van der Waals surface area contributed by atoms with E-state index in [1.54, 1.807) is 0 Å². The van der Waals surface area contributed by atoms with Crippen molar-refractivity contribution in [3.05, 3.63) is 29.8 Å². The van der Waals surface area contributed by atoms with Gasteiger partial charge in [0.2, 0.25) is 0 Å². The number of nitrogens with zero attached hydrogens (tertiary/aromatic N) is 1. The Kier molecular flexibility index (Phi) is 3.87. The summed E-state index contributed by atoms with van der Waals surface area (Å²) in [6, 6.07) is 9.30. The maximum absolute atomic E-state index is 6.15. The molecule has 0 spiro atoms. The zero-order valence-corrected chi connectivity index (χ0v) is 12.8. The maximum Gasteiger partial charge on any atom is 0.123 e. The number of nitrogens with one attached hydrogen (secondary N) is 1. The van der Waals surface area contributed by atoms with Gasteiger partial charge in [0, 0.05) is 19.0 Å². The summed E-state index contributed by atoms with van der Waals surface area (Å²) in [5, 5.41) is 3.58. The highest BCUT2D eigenvalue weighted by molar-refractivity contribution is 5.37. The van der Waals surface area contributed by atoms with Crippen LogP contribution >= 0.6 is 0 Å². The quantitative estimate of drug-likeness (QED) is 0.924. The molecule has 114 valence electrons. The monoisotopic (exact) mass is 286 g/mol. The normalized spacial score (nSPS) is 32.9. The summed E-state index contributed by atoms with van der Waals surface area (Å²) in [4.78, 5) is 2.72. The molecular weight excluding hydrogens is 260 g/mol.